The minimum atomic E-state index is -0.327. The molecule has 0 radical (unpaired) electrons. The van der Waals surface area contributed by atoms with Crippen LogP contribution in [-0.4, -0.2) is 34.0 Å². The summed E-state index contributed by atoms with van der Waals surface area (Å²) in [5, 5.41) is 22.7. The van der Waals surface area contributed by atoms with Gasteiger partial charge in [-0.05, 0) is 24.6 Å². The SMILES string of the molecule is Cc1ccc(C#N)cc1NC(=O)c1cn(C2CNC2)nn1. The molecule has 3 rings (SSSR count). The lowest BCUT2D eigenvalue weighted by Crippen LogP contribution is -2.43. The maximum atomic E-state index is 12.2. The van der Waals surface area contributed by atoms with Crippen molar-refractivity contribution in [3.8, 4) is 6.07 Å². The van der Waals surface area contributed by atoms with Gasteiger partial charge < -0.3 is 10.6 Å². The van der Waals surface area contributed by atoms with Gasteiger partial charge in [-0.3, -0.25) is 4.79 Å². The number of nitrogens with zero attached hydrogens (tertiary/aromatic N) is 4. The fourth-order valence-electron chi connectivity index (χ4n) is 2.03. The Morgan fingerprint density at radius 2 is 2.33 bits per heavy atom. The van der Waals surface area contributed by atoms with E-state index in [9.17, 15) is 4.79 Å². The molecule has 0 atom stereocenters. The number of hydrogen-bond acceptors (Lipinski definition) is 5. The normalized spacial score (nSPS) is 14.3. The Labute approximate surface area is 121 Å². The summed E-state index contributed by atoms with van der Waals surface area (Å²) in [7, 11) is 0. The highest BCUT2D eigenvalue weighted by Crippen LogP contribution is 2.17. The molecule has 1 aliphatic rings. The molecule has 21 heavy (non-hydrogen) atoms. The minimum absolute atomic E-state index is 0.266. The molecule has 1 fully saturated rings. The first-order valence-corrected chi connectivity index (χ1v) is 6.62. The van der Waals surface area contributed by atoms with Crippen LogP contribution < -0.4 is 10.6 Å². The molecule has 1 aromatic heterocycles. The summed E-state index contributed by atoms with van der Waals surface area (Å²) in [5.41, 5.74) is 2.26. The summed E-state index contributed by atoms with van der Waals surface area (Å²) >= 11 is 0. The van der Waals surface area contributed by atoms with Gasteiger partial charge in [0.15, 0.2) is 5.69 Å². The van der Waals surface area contributed by atoms with E-state index < -0.39 is 0 Å². The number of benzene rings is 1. The van der Waals surface area contributed by atoms with E-state index in [1.54, 1.807) is 29.1 Å². The Balaban J connectivity index is 1.77. The van der Waals surface area contributed by atoms with Crippen LogP contribution in [0.25, 0.3) is 0 Å². The van der Waals surface area contributed by atoms with Gasteiger partial charge in [-0.1, -0.05) is 11.3 Å². The van der Waals surface area contributed by atoms with E-state index in [-0.39, 0.29) is 17.6 Å². The van der Waals surface area contributed by atoms with Gasteiger partial charge in [-0.25, -0.2) is 4.68 Å². The predicted octanol–water partition coefficient (Wildman–Crippen LogP) is 0.855. The minimum Gasteiger partial charge on any atom is -0.320 e. The summed E-state index contributed by atoms with van der Waals surface area (Å²) < 4.78 is 1.70. The smallest absolute Gasteiger partial charge is 0.277 e. The average molecular weight is 282 g/mol. The number of nitrogens with one attached hydrogen (secondary N) is 2. The molecule has 7 heteroatoms. The first-order chi connectivity index (χ1) is 10.2. The lowest BCUT2D eigenvalue weighted by molar-refractivity contribution is 0.102. The van der Waals surface area contributed by atoms with Crippen molar-refractivity contribution in [3.05, 3.63) is 41.2 Å². The summed E-state index contributed by atoms with van der Waals surface area (Å²) in [6.45, 7) is 3.55. The zero-order valence-electron chi connectivity index (χ0n) is 11.5. The average Bonchev–Trinajstić information content (AvgIpc) is 2.88. The van der Waals surface area contributed by atoms with Crippen molar-refractivity contribution in [3.63, 3.8) is 0 Å². The van der Waals surface area contributed by atoms with E-state index in [2.05, 4.69) is 27.0 Å². The van der Waals surface area contributed by atoms with Crippen LogP contribution in [0, 0.1) is 18.3 Å². The fourth-order valence-corrected chi connectivity index (χ4v) is 2.03. The molecule has 2 heterocycles. The van der Waals surface area contributed by atoms with E-state index in [4.69, 9.17) is 5.26 Å². The molecule has 1 saturated heterocycles. The highest BCUT2D eigenvalue weighted by molar-refractivity contribution is 6.03. The van der Waals surface area contributed by atoms with Gasteiger partial charge in [0, 0.05) is 18.8 Å². The van der Waals surface area contributed by atoms with Gasteiger partial charge >= 0.3 is 0 Å². The number of aromatic nitrogens is 3. The van der Waals surface area contributed by atoms with Crippen molar-refractivity contribution < 1.29 is 4.79 Å². The summed E-state index contributed by atoms with van der Waals surface area (Å²) in [4.78, 5) is 12.2. The van der Waals surface area contributed by atoms with Crippen molar-refractivity contribution in [2.45, 2.75) is 13.0 Å². The number of hydrogen-bond donors (Lipinski definition) is 2. The quantitative estimate of drug-likeness (QED) is 0.870. The number of anilines is 1. The van der Waals surface area contributed by atoms with Crippen LogP contribution in [0.3, 0.4) is 0 Å². The number of aryl methyl sites for hydroxylation is 1. The molecule has 2 N–H and O–H groups in total. The van der Waals surface area contributed by atoms with Gasteiger partial charge in [0.1, 0.15) is 0 Å². The van der Waals surface area contributed by atoms with E-state index >= 15 is 0 Å². The molecule has 106 valence electrons. The van der Waals surface area contributed by atoms with E-state index in [1.807, 2.05) is 6.92 Å². The van der Waals surface area contributed by atoms with E-state index in [1.165, 1.54) is 0 Å². The fraction of sp³-hybridized carbons (Fsp3) is 0.286. The summed E-state index contributed by atoms with van der Waals surface area (Å²) in [5.74, 6) is -0.327. The molecule has 1 amide bonds. The Hall–Kier alpha value is -2.72. The number of carbonyl (C=O) groups is 1. The largest absolute Gasteiger partial charge is 0.320 e. The molecule has 0 bridgehead atoms. The highest BCUT2D eigenvalue weighted by Gasteiger charge is 2.21. The van der Waals surface area contributed by atoms with Crippen molar-refractivity contribution >= 4 is 11.6 Å². The Morgan fingerprint density at radius 3 is 3.00 bits per heavy atom. The predicted molar refractivity (Wildman–Crippen MR) is 75.8 cm³/mol. The van der Waals surface area contributed by atoms with Crippen LogP contribution in [-0.2, 0) is 0 Å². The Kier molecular flexibility index (Phi) is 3.38. The molecule has 1 aliphatic heterocycles. The van der Waals surface area contributed by atoms with Crippen LogP contribution in [0.5, 0.6) is 0 Å². The zero-order valence-corrected chi connectivity index (χ0v) is 11.5. The van der Waals surface area contributed by atoms with Crippen LogP contribution in [0.1, 0.15) is 27.7 Å². The summed E-state index contributed by atoms with van der Waals surface area (Å²) in [6.07, 6.45) is 1.64. The lowest BCUT2D eigenvalue weighted by Gasteiger charge is -2.26. The Bertz CT molecular complexity index is 725. The van der Waals surface area contributed by atoms with Gasteiger partial charge in [-0.2, -0.15) is 5.26 Å². The number of rotatable bonds is 3. The van der Waals surface area contributed by atoms with Crippen molar-refractivity contribution in [1.29, 1.82) is 5.26 Å². The Morgan fingerprint density at radius 1 is 1.52 bits per heavy atom. The van der Waals surface area contributed by atoms with Crippen LogP contribution in [0.2, 0.25) is 0 Å². The van der Waals surface area contributed by atoms with Gasteiger partial charge in [0.05, 0.1) is 23.9 Å². The molecule has 0 unspecified atom stereocenters. The molecular formula is C14H14N6O. The number of carbonyl (C=O) groups excluding carboxylic acids is 1. The van der Waals surface area contributed by atoms with Gasteiger partial charge in [0.2, 0.25) is 0 Å². The van der Waals surface area contributed by atoms with Crippen LogP contribution >= 0.6 is 0 Å². The van der Waals surface area contributed by atoms with Crippen molar-refractivity contribution in [2.75, 3.05) is 18.4 Å². The number of nitriles is 1. The molecule has 0 spiro atoms. The lowest BCUT2D eigenvalue weighted by atomic mass is 10.1. The van der Waals surface area contributed by atoms with Crippen molar-refractivity contribution in [2.24, 2.45) is 0 Å². The van der Waals surface area contributed by atoms with E-state index in [0.29, 0.717) is 11.3 Å². The second-order valence-electron chi connectivity index (χ2n) is 4.99. The van der Waals surface area contributed by atoms with Gasteiger partial charge in [-0.15, -0.1) is 5.10 Å². The standard InChI is InChI=1S/C14H14N6O/c1-9-2-3-10(5-15)4-12(9)17-14(21)13-8-20(19-18-13)11-6-16-7-11/h2-4,8,11,16H,6-7H2,1H3,(H,17,21). The first-order valence-electron chi connectivity index (χ1n) is 6.62. The molecule has 7 nitrogen and oxygen atoms in total. The molecular weight excluding hydrogens is 268 g/mol. The monoisotopic (exact) mass is 282 g/mol. The van der Waals surface area contributed by atoms with Crippen LogP contribution in [0.15, 0.2) is 24.4 Å². The summed E-state index contributed by atoms with van der Waals surface area (Å²) in [6, 6.07) is 7.47. The second kappa shape index (κ2) is 5.34. The first kappa shape index (κ1) is 13.3. The third-order valence-corrected chi connectivity index (χ3v) is 3.49. The van der Waals surface area contributed by atoms with Crippen molar-refractivity contribution in [1.82, 2.24) is 20.3 Å². The van der Waals surface area contributed by atoms with E-state index in [0.717, 1.165) is 18.7 Å². The number of amides is 1. The maximum Gasteiger partial charge on any atom is 0.277 e. The third-order valence-electron chi connectivity index (χ3n) is 3.49. The van der Waals surface area contributed by atoms with Crippen LogP contribution in [0.4, 0.5) is 5.69 Å². The third kappa shape index (κ3) is 2.61. The molecule has 0 aliphatic carbocycles. The zero-order chi connectivity index (χ0) is 14.8. The topological polar surface area (TPSA) is 95.6 Å². The molecule has 1 aromatic carbocycles. The molecule has 0 saturated carbocycles. The molecule has 2 aromatic rings. The van der Waals surface area contributed by atoms with Gasteiger partial charge in [0.25, 0.3) is 5.91 Å². The second-order valence-corrected chi connectivity index (χ2v) is 4.99. The maximum absolute atomic E-state index is 12.2. The highest BCUT2D eigenvalue weighted by atomic mass is 16.2.